The Morgan fingerprint density at radius 3 is 2.83 bits per heavy atom. The number of thiocarbonyl (C=S) groups is 1. The monoisotopic (exact) mass is 336 g/mol. The lowest BCUT2D eigenvalue weighted by Crippen LogP contribution is -2.51. The molecule has 1 aliphatic heterocycles. The summed E-state index contributed by atoms with van der Waals surface area (Å²) in [5, 5.41) is 0. The molecule has 0 amide bonds. The summed E-state index contributed by atoms with van der Waals surface area (Å²) in [5.41, 5.74) is 1.09. The third-order valence-corrected chi connectivity index (χ3v) is 5.30. The summed E-state index contributed by atoms with van der Waals surface area (Å²) in [4.78, 5) is 5.80. The van der Waals surface area contributed by atoms with Gasteiger partial charge >= 0.3 is 0 Å². The van der Waals surface area contributed by atoms with Crippen LogP contribution in [0.3, 0.4) is 0 Å². The fourth-order valence-electron chi connectivity index (χ4n) is 3.58. The molecule has 0 radical (unpaired) electrons. The first-order valence-electron chi connectivity index (χ1n) is 8.70. The molecule has 4 heteroatoms. The molecular formula is C19H29FN2S. The third-order valence-electron chi connectivity index (χ3n) is 4.84. The average Bonchev–Trinajstić information content (AvgIpc) is 2.52. The Balaban J connectivity index is 2.06. The molecule has 2 atom stereocenters. The molecule has 23 heavy (non-hydrogen) atoms. The minimum atomic E-state index is -0.143. The number of unbranched alkanes of at least 4 members (excludes halogenated alkanes) is 1. The lowest BCUT2D eigenvalue weighted by Gasteiger charge is -2.43. The zero-order valence-corrected chi connectivity index (χ0v) is 15.4. The Hall–Kier alpha value is -1.00. The van der Waals surface area contributed by atoms with Crippen molar-refractivity contribution in [2.45, 2.75) is 45.1 Å². The van der Waals surface area contributed by atoms with Gasteiger partial charge in [-0.1, -0.05) is 37.7 Å². The maximum absolute atomic E-state index is 13.5. The number of hydrogen-bond donors (Lipinski definition) is 0. The Kier molecular flexibility index (Phi) is 6.97. The standard InChI is InChI=1S/C19H29FN2S/c1-4-5-9-19(23)22-11-10-18(21(2)3)16(14-22)12-15-7-6-8-17(20)13-15/h6-8,13,16,18H,4-5,9-12,14H2,1-3H3/t16-,18+/m1/s1. The molecule has 0 bridgehead atoms. The van der Waals surface area contributed by atoms with Crippen LogP contribution in [0.4, 0.5) is 4.39 Å². The van der Waals surface area contributed by atoms with Crippen LogP contribution < -0.4 is 0 Å². The second-order valence-corrected chi connectivity index (χ2v) is 7.33. The molecule has 0 unspecified atom stereocenters. The van der Waals surface area contributed by atoms with Crippen LogP contribution in [-0.2, 0) is 6.42 Å². The van der Waals surface area contributed by atoms with E-state index in [1.807, 2.05) is 12.1 Å². The van der Waals surface area contributed by atoms with Gasteiger partial charge in [-0.25, -0.2) is 4.39 Å². The summed E-state index contributed by atoms with van der Waals surface area (Å²) in [6.45, 7) is 4.24. The molecule has 0 N–H and O–H groups in total. The summed E-state index contributed by atoms with van der Waals surface area (Å²) < 4.78 is 13.5. The number of nitrogens with zero attached hydrogens (tertiary/aromatic N) is 2. The van der Waals surface area contributed by atoms with Gasteiger partial charge in [0.1, 0.15) is 5.82 Å². The molecule has 1 aliphatic rings. The van der Waals surface area contributed by atoms with Crippen LogP contribution in [0.25, 0.3) is 0 Å². The van der Waals surface area contributed by atoms with Gasteiger partial charge in [0.2, 0.25) is 0 Å². The van der Waals surface area contributed by atoms with E-state index in [0.717, 1.165) is 42.9 Å². The highest BCUT2D eigenvalue weighted by Crippen LogP contribution is 2.26. The van der Waals surface area contributed by atoms with Crippen LogP contribution >= 0.6 is 12.2 Å². The minimum absolute atomic E-state index is 0.143. The van der Waals surface area contributed by atoms with Crippen LogP contribution in [0, 0.1) is 11.7 Å². The maximum Gasteiger partial charge on any atom is 0.123 e. The average molecular weight is 337 g/mol. The maximum atomic E-state index is 13.5. The van der Waals surface area contributed by atoms with Gasteiger partial charge in [-0.2, -0.15) is 0 Å². The molecule has 0 aliphatic carbocycles. The molecule has 2 nitrogen and oxygen atoms in total. The molecule has 1 aromatic rings. The highest BCUT2D eigenvalue weighted by molar-refractivity contribution is 7.80. The first-order valence-corrected chi connectivity index (χ1v) is 9.10. The van der Waals surface area contributed by atoms with Gasteiger partial charge in [-0.15, -0.1) is 0 Å². The van der Waals surface area contributed by atoms with E-state index < -0.39 is 0 Å². The van der Waals surface area contributed by atoms with Crippen molar-refractivity contribution in [2.24, 2.45) is 5.92 Å². The highest BCUT2D eigenvalue weighted by Gasteiger charge is 2.31. The molecule has 1 heterocycles. The predicted octanol–water partition coefficient (Wildman–Crippen LogP) is 4.14. The fraction of sp³-hybridized carbons (Fsp3) is 0.632. The van der Waals surface area contributed by atoms with E-state index >= 15 is 0 Å². The van der Waals surface area contributed by atoms with Crippen molar-refractivity contribution in [1.82, 2.24) is 9.80 Å². The van der Waals surface area contributed by atoms with Gasteiger partial charge < -0.3 is 9.80 Å². The lowest BCUT2D eigenvalue weighted by atomic mass is 9.86. The molecule has 0 aromatic heterocycles. The van der Waals surface area contributed by atoms with Crippen molar-refractivity contribution >= 4 is 17.2 Å². The van der Waals surface area contributed by atoms with E-state index in [1.165, 1.54) is 18.9 Å². The quantitative estimate of drug-likeness (QED) is 0.721. The number of hydrogen-bond acceptors (Lipinski definition) is 2. The second-order valence-electron chi connectivity index (χ2n) is 6.86. The Bertz CT molecular complexity index is 518. The topological polar surface area (TPSA) is 6.48 Å². The fourth-order valence-corrected chi connectivity index (χ4v) is 3.89. The lowest BCUT2D eigenvalue weighted by molar-refractivity contribution is 0.122. The third kappa shape index (κ3) is 5.25. The number of piperidine rings is 1. The van der Waals surface area contributed by atoms with E-state index in [9.17, 15) is 4.39 Å². The summed E-state index contributed by atoms with van der Waals surface area (Å²) in [7, 11) is 4.29. The normalized spacial score (nSPS) is 21.7. The zero-order chi connectivity index (χ0) is 16.8. The largest absolute Gasteiger partial charge is 0.366 e. The van der Waals surface area contributed by atoms with Crippen molar-refractivity contribution in [1.29, 1.82) is 0 Å². The van der Waals surface area contributed by atoms with Gasteiger partial charge in [-0.05, 0) is 63.4 Å². The van der Waals surface area contributed by atoms with E-state index in [-0.39, 0.29) is 5.82 Å². The second kappa shape index (κ2) is 8.74. The Labute approximate surface area is 145 Å². The zero-order valence-electron chi connectivity index (χ0n) is 14.6. The van der Waals surface area contributed by atoms with E-state index in [4.69, 9.17) is 12.2 Å². The molecule has 0 saturated carbocycles. The predicted molar refractivity (Wildman–Crippen MR) is 99.4 cm³/mol. The van der Waals surface area contributed by atoms with Crippen LogP contribution in [0.5, 0.6) is 0 Å². The van der Waals surface area contributed by atoms with Crippen molar-refractivity contribution < 1.29 is 4.39 Å². The van der Waals surface area contributed by atoms with Crippen LogP contribution in [0.15, 0.2) is 24.3 Å². The van der Waals surface area contributed by atoms with Gasteiger partial charge in [0, 0.05) is 19.1 Å². The van der Waals surface area contributed by atoms with Gasteiger partial charge in [0.15, 0.2) is 0 Å². The molecule has 0 spiro atoms. The van der Waals surface area contributed by atoms with Crippen LogP contribution in [0.2, 0.25) is 0 Å². The van der Waals surface area contributed by atoms with Gasteiger partial charge in [-0.3, -0.25) is 0 Å². The van der Waals surface area contributed by atoms with E-state index in [2.05, 4.69) is 30.8 Å². The summed E-state index contributed by atoms with van der Waals surface area (Å²) in [5.74, 6) is 0.343. The molecule has 1 saturated heterocycles. The molecule has 1 aromatic carbocycles. The first-order chi connectivity index (χ1) is 11.0. The van der Waals surface area contributed by atoms with Crippen molar-refractivity contribution in [2.75, 3.05) is 27.2 Å². The number of benzene rings is 1. The minimum Gasteiger partial charge on any atom is -0.366 e. The Morgan fingerprint density at radius 1 is 1.39 bits per heavy atom. The van der Waals surface area contributed by atoms with Crippen molar-refractivity contribution in [3.8, 4) is 0 Å². The van der Waals surface area contributed by atoms with Gasteiger partial charge in [0.25, 0.3) is 0 Å². The highest BCUT2D eigenvalue weighted by atomic mass is 32.1. The number of likely N-dealkylation sites (tertiary alicyclic amines) is 1. The smallest absolute Gasteiger partial charge is 0.123 e. The first kappa shape index (κ1) is 18.3. The van der Waals surface area contributed by atoms with Crippen LogP contribution in [0.1, 0.15) is 38.2 Å². The number of halogens is 1. The summed E-state index contributed by atoms with van der Waals surface area (Å²) in [6.07, 6.45) is 5.40. The summed E-state index contributed by atoms with van der Waals surface area (Å²) in [6, 6.07) is 7.55. The van der Waals surface area contributed by atoms with Crippen molar-refractivity contribution in [3.05, 3.63) is 35.6 Å². The van der Waals surface area contributed by atoms with Gasteiger partial charge in [0.05, 0.1) is 4.99 Å². The van der Waals surface area contributed by atoms with E-state index in [1.54, 1.807) is 6.07 Å². The SMILES string of the molecule is CCCCC(=S)N1CC[C@H](N(C)C)[C@H](Cc2cccc(F)c2)C1. The summed E-state index contributed by atoms with van der Waals surface area (Å²) >= 11 is 5.63. The van der Waals surface area contributed by atoms with Crippen molar-refractivity contribution in [3.63, 3.8) is 0 Å². The van der Waals surface area contributed by atoms with E-state index in [0.29, 0.717) is 12.0 Å². The molecular weight excluding hydrogens is 307 g/mol. The Morgan fingerprint density at radius 2 is 2.17 bits per heavy atom. The molecule has 2 rings (SSSR count). The molecule has 128 valence electrons. The number of rotatable bonds is 6. The van der Waals surface area contributed by atoms with Crippen LogP contribution in [-0.4, -0.2) is 48.0 Å². The molecule has 1 fully saturated rings.